The van der Waals surface area contributed by atoms with Gasteiger partial charge in [0.25, 0.3) is 0 Å². The van der Waals surface area contributed by atoms with E-state index in [0.717, 1.165) is 4.31 Å². The molecule has 2 aromatic rings. The van der Waals surface area contributed by atoms with Crippen molar-refractivity contribution in [1.82, 2.24) is 14.5 Å². The monoisotopic (exact) mass is 483 g/mol. The maximum Gasteiger partial charge on any atom is 0.243 e. The van der Waals surface area contributed by atoms with E-state index in [4.69, 9.17) is 11.6 Å². The molecule has 0 heterocycles. The molecule has 2 aromatic carbocycles. The molecule has 0 aliphatic heterocycles. The highest BCUT2D eigenvalue weighted by Gasteiger charge is 2.30. The smallest absolute Gasteiger partial charge is 0.243 e. The lowest BCUT2D eigenvalue weighted by Gasteiger charge is -2.31. The van der Waals surface area contributed by atoms with Crippen molar-refractivity contribution >= 4 is 33.4 Å². The summed E-state index contributed by atoms with van der Waals surface area (Å²) in [5, 5.41) is 3.10. The summed E-state index contributed by atoms with van der Waals surface area (Å²) in [6, 6.07) is 10.4. The summed E-state index contributed by atoms with van der Waals surface area (Å²) in [4.78, 5) is 26.8. The number of sulfonamides is 1. The minimum atomic E-state index is -3.98. The molecule has 1 atom stereocenters. The Hall–Kier alpha value is -2.49. The zero-order valence-corrected chi connectivity index (χ0v) is 20.0. The fourth-order valence-corrected chi connectivity index (χ4v) is 4.20. The highest BCUT2D eigenvalue weighted by Crippen LogP contribution is 2.19. The molecule has 0 aromatic heterocycles. The van der Waals surface area contributed by atoms with Gasteiger partial charge in [-0.3, -0.25) is 9.59 Å². The Kier molecular flexibility index (Phi) is 8.77. The molecule has 32 heavy (non-hydrogen) atoms. The van der Waals surface area contributed by atoms with Crippen LogP contribution in [0.25, 0.3) is 0 Å². The molecular weight excluding hydrogens is 457 g/mol. The number of nitrogens with one attached hydrogen (secondary N) is 1. The minimum absolute atomic E-state index is 0.0246. The first kappa shape index (κ1) is 25.8. The second kappa shape index (κ2) is 10.9. The third-order valence-corrected chi connectivity index (χ3v) is 6.85. The van der Waals surface area contributed by atoms with Gasteiger partial charge in [0.2, 0.25) is 21.8 Å². The zero-order chi connectivity index (χ0) is 24.1. The van der Waals surface area contributed by atoms with Crippen LogP contribution in [-0.4, -0.2) is 55.1 Å². The summed E-state index contributed by atoms with van der Waals surface area (Å²) in [6.45, 7) is 4.36. The highest BCUT2D eigenvalue weighted by molar-refractivity contribution is 7.89. The predicted molar refractivity (Wildman–Crippen MR) is 121 cm³/mol. The Balaban J connectivity index is 2.29. The van der Waals surface area contributed by atoms with E-state index in [1.165, 1.54) is 61.3 Å². The second-order valence-electron chi connectivity index (χ2n) is 7.67. The molecule has 7 nitrogen and oxygen atoms in total. The molecule has 174 valence electrons. The van der Waals surface area contributed by atoms with E-state index >= 15 is 0 Å². The van der Waals surface area contributed by atoms with Crippen molar-refractivity contribution in [2.45, 2.75) is 44.3 Å². The van der Waals surface area contributed by atoms with E-state index in [2.05, 4.69) is 5.32 Å². The summed E-state index contributed by atoms with van der Waals surface area (Å²) in [6.07, 6.45) is 0. The van der Waals surface area contributed by atoms with Crippen molar-refractivity contribution in [2.75, 3.05) is 13.6 Å². The van der Waals surface area contributed by atoms with Crippen LogP contribution in [0.2, 0.25) is 5.02 Å². The maximum atomic E-state index is 14.2. The van der Waals surface area contributed by atoms with Gasteiger partial charge in [-0.25, -0.2) is 12.8 Å². The summed E-state index contributed by atoms with van der Waals surface area (Å²) < 4.78 is 40.8. The van der Waals surface area contributed by atoms with Crippen LogP contribution in [0.15, 0.2) is 53.4 Å². The lowest BCUT2D eigenvalue weighted by Crippen LogP contribution is -2.51. The van der Waals surface area contributed by atoms with E-state index < -0.39 is 40.2 Å². The van der Waals surface area contributed by atoms with E-state index in [1.54, 1.807) is 19.9 Å². The fraction of sp³-hybridized carbons (Fsp3) is 0.364. The molecule has 0 aliphatic carbocycles. The standard InChI is InChI=1S/C22H27ClFN3O4S/c1-15(2)25-22(29)16(3)27(13-17-7-5-6-8-20(17)24)21(28)14-26(4)32(30,31)19-11-9-18(23)10-12-19/h5-12,15-16H,13-14H2,1-4H3,(H,25,29)/t16-/m0/s1. The number of carbonyl (C=O) groups excluding carboxylic acids is 2. The number of benzene rings is 2. The van der Waals surface area contributed by atoms with Gasteiger partial charge in [-0.15, -0.1) is 0 Å². The Bertz CT molecular complexity index is 1060. The Labute approximate surface area is 193 Å². The number of rotatable bonds is 9. The Morgan fingerprint density at radius 2 is 1.66 bits per heavy atom. The minimum Gasteiger partial charge on any atom is -0.352 e. The van der Waals surface area contributed by atoms with Crippen LogP contribution in [0.4, 0.5) is 4.39 Å². The molecule has 10 heteroatoms. The number of amides is 2. The lowest BCUT2D eigenvalue weighted by atomic mass is 10.1. The first-order valence-corrected chi connectivity index (χ1v) is 11.8. The second-order valence-corrected chi connectivity index (χ2v) is 10.1. The van der Waals surface area contributed by atoms with Crippen LogP contribution in [0.1, 0.15) is 26.3 Å². The van der Waals surface area contributed by atoms with E-state index in [0.29, 0.717) is 5.02 Å². The van der Waals surface area contributed by atoms with Crippen molar-refractivity contribution in [1.29, 1.82) is 0 Å². The average molecular weight is 484 g/mol. The largest absolute Gasteiger partial charge is 0.352 e. The molecule has 0 saturated carbocycles. The van der Waals surface area contributed by atoms with Crippen molar-refractivity contribution in [3.05, 3.63) is 64.9 Å². The van der Waals surface area contributed by atoms with Gasteiger partial charge >= 0.3 is 0 Å². The molecule has 0 fully saturated rings. The third-order valence-electron chi connectivity index (χ3n) is 4.78. The van der Waals surface area contributed by atoms with Gasteiger partial charge in [-0.1, -0.05) is 29.8 Å². The van der Waals surface area contributed by atoms with Gasteiger partial charge < -0.3 is 10.2 Å². The summed E-state index contributed by atoms with van der Waals surface area (Å²) in [5.41, 5.74) is 0.216. The van der Waals surface area contributed by atoms with Crippen LogP contribution >= 0.6 is 11.6 Å². The van der Waals surface area contributed by atoms with Crippen LogP contribution < -0.4 is 5.32 Å². The van der Waals surface area contributed by atoms with E-state index in [9.17, 15) is 22.4 Å². The van der Waals surface area contributed by atoms with Crippen LogP contribution in [0.5, 0.6) is 0 Å². The number of carbonyl (C=O) groups is 2. The maximum absolute atomic E-state index is 14.2. The highest BCUT2D eigenvalue weighted by atomic mass is 35.5. The number of hydrogen-bond acceptors (Lipinski definition) is 4. The molecule has 0 bridgehead atoms. The van der Waals surface area contributed by atoms with Gasteiger partial charge in [-0.05, 0) is 51.1 Å². The topological polar surface area (TPSA) is 86.8 Å². The van der Waals surface area contributed by atoms with Crippen LogP contribution in [0, 0.1) is 5.82 Å². The molecule has 2 rings (SSSR count). The molecule has 0 saturated heterocycles. The third kappa shape index (κ3) is 6.51. The van der Waals surface area contributed by atoms with Crippen molar-refractivity contribution in [2.24, 2.45) is 0 Å². The number of hydrogen-bond donors (Lipinski definition) is 1. The van der Waals surface area contributed by atoms with Gasteiger partial charge in [0, 0.05) is 30.2 Å². The van der Waals surface area contributed by atoms with Crippen molar-refractivity contribution in [3.8, 4) is 0 Å². The molecule has 1 N–H and O–H groups in total. The summed E-state index contributed by atoms with van der Waals surface area (Å²) >= 11 is 5.82. The Morgan fingerprint density at radius 1 is 1.06 bits per heavy atom. The summed E-state index contributed by atoms with van der Waals surface area (Å²) in [5.74, 6) is -1.59. The van der Waals surface area contributed by atoms with Crippen LogP contribution in [-0.2, 0) is 26.2 Å². The van der Waals surface area contributed by atoms with Gasteiger partial charge in [0.15, 0.2) is 0 Å². The molecule has 0 aliphatic rings. The van der Waals surface area contributed by atoms with Gasteiger partial charge in [0.05, 0.1) is 11.4 Å². The normalized spacial score (nSPS) is 12.6. The Morgan fingerprint density at radius 3 is 2.22 bits per heavy atom. The predicted octanol–water partition coefficient (Wildman–Crippen LogP) is 3.04. The van der Waals surface area contributed by atoms with E-state index in [1.807, 2.05) is 0 Å². The molecule has 0 radical (unpaired) electrons. The first-order valence-electron chi connectivity index (χ1n) is 9.98. The molecular formula is C22H27ClFN3O4S. The fourth-order valence-electron chi connectivity index (χ4n) is 2.95. The SMILES string of the molecule is CC(C)NC(=O)[C@H](C)N(Cc1ccccc1F)C(=O)CN(C)S(=O)(=O)c1ccc(Cl)cc1. The molecule has 0 spiro atoms. The molecule has 2 amide bonds. The van der Waals surface area contributed by atoms with E-state index in [-0.39, 0.29) is 23.0 Å². The lowest BCUT2D eigenvalue weighted by molar-refractivity contribution is -0.140. The number of halogens is 2. The van der Waals surface area contributed by atoms with Gasteiger partial charge in [0.1, 0.15) is 11.9 Å². The van der Waals surface area contributed by atoms with Gasteiger partial charge in [-0.2, -0.15) is 4.31 Å². The van der Waals surface area contributed by atoms with Crippen molar-refractivity contribution in [3.63, 3.8) is 0 Å². The van der Waals surface area contributed by atoms with Crippen LogP contribution in [0.3, 0.4) is 0 Å². The zero-order valence-electron chi connectivity index (χ0n) is 18.4. The first-order chi connectivity index (χ1) is 14.9. The number of likely N-dealkylation sites (N-methyl/N-ethyl adjacent to an activating group) is 1. The summed E-state index contributed by atoms with van der Waals surface area (Å²) in [7, 11) is -2.71. The number of nitrogens with zero attached hydrogens (tertiary/aromatic N) is 2. The van der Waals surface area contributed by atoms with Crippen molar-refractivity contribution < 1.29 is 22.4 Å². The average Bonchev–Trinajstić information content (AvgIpc) is 2.72. The quantitative estimate of drug-likeness (QED) is 0.594. The molecule has 0 unspecified atom stereocenters.